The van der Waals surface area contributed by atoms with E-state index in [4.69, 9.17) is 10.9 Å². The molecule has 0 amide bonds. The smallest absolute Gasteiger partial charge is 0.338 e. The van der Waals surface area contributed by atoms with E-state index >= 15 is 0 Å². The maximum absolute atomic E-state index is 12.9. The zero-order chi connectivity index (χ0) is 11.6. The van der Waals surface area contributed by atoms with Crippen LogP contribution >= 0.6 is 0 Å². The summed E-state index contributed by atoms with van der Waals surface area (Å²) in [6.07, 6.45) is 0. The van der Waals surface area contributed by atoms with Gasteiger partial charge < -0.3 is 5.11 Å². The van der Waals surface area contributed by atoms with Crippen LogP contribution in [0.2, 0.25) is 0 Å². The second kappa shape index (κ2) is 3.93. The number of carboxylic acids is 1. The van der Waals surface area contributed by atoms with Crippen LogP contribution in [0.25, 0.3) is 0 Å². The lowest BCUT2D eigenvalue weighted by Gasteiger charge is -2.03. The Bertz CT molecular complexity index is 500. The van der Waals surface area contributed by atoms with Gasteiger partial charge >= 0.3 is 5.97 Å². The van der Waals surface area contributed by atoms with E-state index in [9.17, 15) is 17.6 Å². The van der Waals surface area contributed by atoms with E-state index < -0.39 is 32.3 Å². The molecule has 0 bridgehead atoms. The topological polar surface area (TPSA) is 109 Å². The minimum Gasteiger partial charge on any atom is -0.478 e. The quantitative estimate of drug-likeness (QED) is 0.490. The molecule has 82 valence electrons. The number of sulfonamides is 1. The predicted octanol–water partition coefficient (Wildman–Crippen LogP) is -0.324. The van der Waals surface area contributed by atoms with E-state index in [0.717, 1.165) is 12.1 Å². The summed E-state index contributed by atoms with van der Waals surface area (Å²) in [7, 11) is -3.97. The normalized spacial score (nSPS) is 11.3. The molecule has 0 aliphatic rings. The summed E-state index contributed by atoms with van der Waals surface area (Å²) in [5.74, 6) is 2.15. The first-order valence-corrected chi connectivity index (χ1v) is 5.12. The SMILES string of the molecule is NNS(=O)(=O)c1ccc(F)c(C(=O)O)c1. The highest BCUT2D eigenvalue weighted by Crippen LogP contribution is 2.14. The third kappa shape index (κ3) is 2.29. The fourth-order valence-corrected chi connectivity index (χ4v) is 1.56. The Kier molecular flexibility index (Phi) is 3.03. The van der Waals surface area contributed by atoms with Crippen molar-refractivity contribution in [3.8, 4) is 0 Å². The number of hydrogen-bond donors (Lipinski definition) is 3. The molecule has 8 heteroatoms. The third-order valence-corrected chi connectivity index (χ3v) is 2.82. The van der Waals surface area contributed by atoms with E-state index in [1.165, 1.54) is 4.83 Å². The van der Waals surface area contributed by atoms with Crippen molar-refractivity contribution in [1.29, 1.82) is 0 Å². The molecule has 1 aromatic carbocycles. The molecule has 0 unspecified atom stereocenters. The molecule has 0 radical (unpaired) electrons. The van der Waals surface area contributed by atoms with E-state index in [2.05, 4.69) is 0 Å². The second-order valence-corrected chi connectivity index (χ2v) is 4.28. The largest absolute Gasteiger partial charge is 0.478 e. The van der Waals surface area contributed by atoms with E-state index in [1.54, 1.807) is 0 Å². The maximum atomic E-state index is 12.9. The molecule has 0 saturated carbocycles. The Hall–Kier alpha value is -1.51. The van der Waals surface area contributed by atoms with Gasteiger partial charge in [0.05, 0.1) is 10.5 Å². The number of carbonyl (C=O) groups is 1. The predicted molar refractivity (Wildman–Crippen MR) is 47.9 cm³/mol. The lowest BCUT2D eigenvalue weighted by molar-refractivity contribution is 0.0691. The molecule has 6 nitrogen and oxygen atoms in total. The average Bonchev–Trinajstić information content (AvgIpc) is 2.17. The van der Waals surface area contributed by atoms with E-state index in [1.807, 2.05) is 0 Å². The van der Waals surface area contributed by atoms with Gasteiger partial charge in [0.15, 0.2) is 0 Å². The summed E-state index contributed by atoms with van der Waals surface area (Å²) in [4.78, 5) is 11.6. The Morgan fingerprint density at radius 3 is 2.53 bits per heavy atom. The Morgan fingerprint density at radius 1 is 1.47 bits per heavy atom. The molecule has 1 rings (SSSR count). The molecule has 0 fully saturated rings. The number of hydrazine groups is 1. The zero-order valence-corrected chi connectivity index (χ0v) is 8.08. The first-order valence-electron chi connectivity index (χ1n) is 3.64. The second-order valence-electron chi connectivity index (χ2n) is 2.57. The Labute approximate surface area is 84.5 Å². The summed E-state index contributed by atoms with van der Waals surface area (Å²) in [6.45, 7) is 0. The summed E-state index contributed by atoms with van der Waals surface area (Å²) in [6, 6.07) is 2.34. The van der Waals surface area contributed by atoms with Crippen molar-refractivity contribution < 1.29 is 22.7 Å². The number of halogens is 1. The van der Waals surface area contributed by atoms with Crippen LogP contribution < -0.4 is 10.7 Å². The maximum Gasteiger partial charge on any atom is 0.338 e. The molecule has 1 aromatic rings. The fraction of sp³-hybridized carbons (Fsp3) is 0. The van der Waals surface area contributed by atoms with Crippen LogP contribution in [0.15, 0.2) is 23.1 Å². The van der Waals surface area contributed by atoms with Crippen LogP contribution in [0.1, 0.15) is 10.4 Å². The first kappa shape index (κ1) is 11.6. The molecule has 0 heterocycles. The minimum absolute atomic E-state index is 0.413. The van der Waals surface area contributed by atoms with Gasteiger partial charge in [0, 0.05) is 0 Å². The molecule has 0 aromatic heterocycles. The molecule has 0 atom stereocenters. The Balaban J connectivity index is 3.38. The molecular formula is C7H7FN2O4S. The zero-order valence-electron chi connectivity index (χ0n) is 7.27. The van der Waals surface area contributed by atoms with Crippen molar-refractivity contribution in [2.45, 2.75) is 4.90 Å². The van der Waals surface area contributed by atoms with Gasteiger partial charge in [-0.25, -0.2) is 17.6 Å². The summed E-state index contributed by atoms with van der Waals surface area (Å²) >= 11 is 0. The Morgan fingerprint density at radius 2 is 2.07 bits per heavy atom. The molecule has 0 aliphatic carbocycles. The van der Waals surface area contributed by atoms with Crippen molar-refractivity contribution >= 4 is 16.0 Å². The molecular weight excluding hydrogens is 227 g/mol. The summed E-state index contributed by atoms with van der Waals surface area (Å²) in [5, 5.41) is 8.54. The average molecular weight is 234 g/mol. The molecule has 0 aliphatic heterocycles. The van der Waals surface area contributed by atoms with Gasteiger partial charge in [0.25, 0.3) is 10.0 Å². The van der Waals surface area contributed by atoms with E-state index in [-0.39, 0.29) is 0 Å². The first-order chi connectivity index (χ1) is 6.88. The molecule has 4 N–H and O–H groups in total. The van der Waals surface area contributed by atoms with Crippen molar-refractivity contribution in [2.24, 2.45) is 5.84 Å². The van der Waals surface area contributed by atoms with Crippen molar-refractivity contribution in [3.63, 3.8) is 0 Å². The number of benzene rings is 1. The number of aromatic carboxylic acids is 1. The lowest BCUT2D eigenvalue weighted by Crippen LogP contribution is -2.30. The van der Waals surface area contributed by atoms with Gasteiger partial charge in [-0.1, -0.05) is 0 Å². The highest BCUT2D eigenvalue weighted by atomic mass is 32.2. The van der Waals surface area contributed by atoms with Gasteiger partial charge in [0.1, 0.15) is 5.82 Å². The van der Waals surface area contributed by atoms with Crippen molar-refractivity contribution in [2.75, 3.05) is 0 Å². The minimum atomic E-state index is -3.97. The van der Waals surface area contributed by atoms with Crippen molar-refractivity contribution in [3.05, 3.63) is 29.6 Å². The van der Waals surface area contributed by atoms with Crippen molar-refractivity contribution in [1.82, 2.24) is 4.83 Å². The number of nitrogens with two attached hydrogens (primary N) is 1. The van der Waals surface area contributed by atoms with Crippen LogP contribution in [0.3, 0.4) is 0 Å². The molecule has 15 heavy (non-hydrogen) atoms. The number of nitrogens with one attached hydrogen (secondary N) is 1. The van der Waals surface area contributed by atoms with Crippen LogP contribution in [-0.4, -0.2) is 19.5 Å². The van der Waals surface area contributed by atoms with Gasteiger partial charge in [-0.3, -0.25) is 5.84 Å². The standard InChI is InChI=1S/C7H7FN2O4S/c8-6-2-1-4(15(13,14)10-9)3-5(6)7(11)12/h1-3,10H,9H2,(H,11,12). The van der Waals surface area contributed by atoms with Gasteiger partial charge in [-0.15, -0.1) is 0 Å². The van der Waals surface area contributed by atoms with Gasteiger partial charge in [-0.05, 0) is 18.2 Å². The fourth-order valence-electron chi connectivity index (χ4n) is 0.903. The third-order valence-electron chi connectivity index (χ3n) is 1.63. The number of rotatable bonds is 3. The van der Waals surface area contributed by atoms with Crippen LogP contribution in [0.5, 0.6) is 0 Å². The van der Waals surface area contributed by atoms with Gasteiger partial charge in [-0.2, -0.15) is 4.83 Å². The highest BCUT2D eigenvalue weighted by Gasteiger charge is 2.17. The molecule has 0 saturated heterocycles. The number of hydrogen-bond acceptors (Lipinski definition) is 4. The number of carboxylic acid groups (broad SMARTS) is 1. The van der Waals surface area contributed by atoms with Gasteiger partial charge in [0.2, 0.25) is 0 Å². The van der Waals surface area contributed by atoms with Crippen LogP contribution in [-0.2, 0) is 10.0 Å². The molecule has 0 spiro atoms. The highest BCUT2D eigenvalue weighted by molar-refractivity contribution is 7.89. The summed E-state index contributed by atoms with van der Waals surface area (Å²) < 4.78 is 35.2. The lowest BCUT2D eigenvalue weighted by atomic mass is 10.2. The van der Waals surface area contributed by atoms with Crippen LogP contribution in [0, 0.1) is 5.82 Å². The monoisotopic (exact) mass is 234 g/mol. The van der Waals surface area contributed by atoms with E-state index in [0.29, 0.717) is 6.07 Å². The van der Waals surface area contributed by atoms with Crippen LogP contribution in [0.4, 0.5) is 4.39 Å². The summed E-state index contributed by atoms with van der Waals surface area (Å²) in [5.41, 5.74) is -0.730.